The molecule has 0 spiro atoms. The van der Waals surface area contributed by atoms with E-state index in [1.165, 1.54) is 4.68 Å². The second kappa shape index (κ2) is 9.81. The molecule has 0 bridgehead atoms. The molecular weight excluding hydrogens is 470 g/mol. The van der Waals surface area contributed by atoms with E-state index in [-0.39, 0.29) is 24.5 Å². The van der Waals surface area contributed by atoms with Gasteiger partial charge in [-0.05, 0) is 41.3 Å². The van der Waals surface area contributed by atoms with E-state index >= 15 is 0 Å². The summed E-state index contributed by atoms with van der Waals surface area (Å²) in [4.78, 5) is 37.9. The zero-order valence-electron chi connectivity index (χ0n) is 20.5. The minimum atomic E-state index is -1.33. The Morgan fingerprint density at radius 3 is 2.11 bits per heavy atom. The average molecular weight is 498 g/mol. The average Bonchev–Trinajstić information content (AvgIpc) is 3.33. The van der Waals surface area contributed by atoms with Gasteiger partial charge < -0.3 is 15.2 Å². The number of hydrogen-bond donors (Lipinski definition) is 2. The third-order valence-corrected chi connectivity index (χ3v) is 7.02. The molecule has 4 aromatic rings. The maximum absolute atomic E-state index is 13.2. The van der Waals surface area contributed by atoms with Crippen molar-refractivity contribution in [3.05, 3.63) is 112 Å². The molecule has 1 heterocycles. The first-order valence-corrected chi connectivity index (χ1v) is 12.0. The number of nitrogens with zero attached hydrogens (tertiary/aromatic N) is 2. The number of fused-ring (bicyclic) bond motifs is 3. The Bertz CT molecular complexity index is 1490. The normalized spacial score (nSPS) is 13.0. The first kappa shape index (κ1) is 24.1. The van der Waals surface area contributed by atoms with Crippen molar-refractivity contribution < 1.29 is 19.4 Å². The molecule has 8 nitrogen and oxygen atoms in total. The molecular formula is C29H27N3O5. The maximum Gasteiger partial charge on any atom is 0.407 e. The molecule has 1 aromatic heterocycles. The Morgan fingerprint density at radius 2 is 1.51 bits per heavy atom. The van der Waals surface area contributed by atoms with Crippen molar-refractivity contribution >= 4 is 12.1 Å². The van der Waals surface area contributed by atoms with Crippen molar-refractivity contribution in [2.45, 2.75) is 25.3 Å². The van der Waals surface area contributed by atoms with E-state index in [0.717, 1.165) is 22.3 Å². The molecule has 1 unspecified atom stereocenters. The molecule has 1 aliphatic rings. The van der Waals surface area contributed by atoms with Crippen LogP contribution in [-0.2, 0) is 23.0 Å². The molecule has 0 radical (unpaired) electrons. The smallest absolute Gasteiger partial charge is 0.407 e. The third kappa shape index (κ3) is 4.42. The van der Waals surface area contributed by atoms with Gasteiger partial charge in [0.25, 0.3) is 5.56 Å². The van der Waals surface area contributed by atoms with Crippen LogP contribution in [0.3, 0.4) is 0 Å². The topological polar surface area (TPSA) is 103 Å². The third-order valence-electron chi connectivity index (χ3n) is 7.02. The fourth-order valence-electron chi connectivity index (χ4n) is 5.05. The summed E-state index contributed by atoms with van der Waals surface area (Å²) in [5.41, 5.74) is 5.61. The molecule has 0 saturated carbocycles. The fourth-order valence-corrected chi connectivity index (χ4v) is 5.05. The molecule has 0 saturated heterocycles. The minimum absolute atomic E-state index is 0.0668. The number of alkyl carbamates (subject to hydrolysis) is 1. The molecule has 0 aliphatic heterocycles. The second-order valence-electron chi connectivity index (χ2n) is 9.10. The van der Waals surface area contributed by atoms with Crippen LogP contribution in [0.15, 0.2) is 83.7 Å². The number of benzene rings is 3. The van der Waals surface area contributed by atoms with E-state index in [1.54, 1.807) is 30.8 Å². The van der Waals surface area contributed by atoms with Crippen LogP contribution in [0.2, 0.25) is 0 Å². The molecule has 8 heteroatoms. The number of hydrogen-bond acceptors (Lipinski definition) is 4. The number of carbonyl (C=O) groups is 2. The van der Waals surface area contributed by atoms with Crippen molar-refractivity contribution in [3.63, 3.8) is 0 Å². The van der Waals surface area contributed by atoms with Gasteiger partial charge in [-0.15, -0.1) is 0 Å². The Labute approximate surface area is 213 Å². The van der Waals surface area contributed by atoms with Crippen LogP contribution < -0.4 is 10.9 Å². The van der Waals surface area contributed by atoms with Crippen LogP contribution in [0, 0.1) is 6.92 Å². The summed E-state index contributed by atoms with van der Waals surface area (Å²) in [5.74, 6) is -1.39. The first-order chi connectivity index (χ1) is 17.9. The minimum Gasteiger partial charge on any atom is -0.480 e. The second-order valence-corrected chi connectivity index (χ2v) is 9.10. The summed E-state index contributed by atoms with van der Waals surface area (Å²) >= 11 is 0. The summed E-state index contributed by atoms with van der Waals surface area (Å²) in [6, 6.07) is 23.7. The fraction of sp³-hybridized carbons (Fsp3) is 0.207. The number of carbonyl (C=O) groups excluding carboxylic acids is 1. The summed E-state index contributed by atoms with van der Waals surface area (Å²) < 4.78 is 8.68. The van der Waals surface area contributed by atoms with E-state index in [1.807, 2.05) is 66.7 Å². The molecule has 0 fully saturated rings. The Hall–Kier alpha value is -4.59. The Kier molecular flexibility index (Phi) is 6.40. The quantitative estimate of drug-likeness (QED) is 0.402. The number of aliphatic carboxylic acids is 1. The van der Waals surface area contributed by atoms with Crippen molar-refractivity contribution in [1.29, 1.82) is 0 Å². The number of rotatable bonds is 7. The number of para-hydroxylation sites is 1. The maximum atomic E-state index is 13.2. The van der Waals surface area contributed by atoms with Gasteiger partial charge in [0.1, 0.15) is 12.6 Å². The lowest BCUT2D eigenvalue weighted by Crippen LogP contribution is -2.43. The van der Waals surface area contributed by atoms with Gasteiger partial charge in [-0.3, -0.25) is 9.48 Å². The van der Waals surface area contributed by atoms with Gasteiger partial charge in [0, 0.05) is 30.6 Å². The van der Waals surface area contributed by atoms with E-state index in [2.05, 4.69) is 5.32 Å². The summed E-state index contributed by atoms with van der Waals surface area (Å²) in [6.07, 6.45) is -1.01. The Morgan fingerprint density at radius 1 is 0.946 bits per heavy atom. The van der Waals surface area contributed by atoms with Crippen molar-refractivity contribution in [2.24, 2.45) is 7.05 Å². The highest BCUT2D eigenvalue weighted by molar-refractivity contribution is 5.81. The van der Waals surface area contributed by atoms with Gasteiger partial charge in [0.15, 0.2) is 0 Å². The highest BCUT2D eigenvalue weighted by atomic mass is 16.5. The monoisotopic (exact) mass is 497 g/mol. The lowest BCUT2D eigenvalue weighted by molar-refractivity contribution is -0.139. The summed E-state index contributed by atoms with van der Waals surface area (Å²) in [7, 11) is 1.74. The van der Waals surface area contributed by atoms with Gasteiger partial charge >= 0.3 is 12.1 Å². The SMILES string of the molecule is Cc1c(CC(NC(=O)OCC2c3ccccc3-c3ccccc32)C(=O)O)c(=O)n(-c2ccccc2)n1C. The van der Waals surface area contributed by atoms with Crippen LogP contribution in [0.4, 0.5) is 4.79 Å². The van der Waals surface area contributed by atoms with Gasteiger partial charge in [0.05, 0.1) is 5.69 Å². The standard InChI is InChI=1S/C29H27N3O5/c1-18-24(27(33)32(31(18)2)19-10-4-3-5-11-19)16-26(28(34)35)30-29(36)37-17-25-22-14-8-6-12-20(22)21-13-7-9-15-23(21)25/h3-15,25-26H,16-17H2,1-2H3,(H,30,36)(H,34,35). The number of carboxylic acids is 1. The van der Waals surface area contributed by atoms with Crippen molar-refractivity contribution in [2.75, 3.05) is 6.61 Å². The highest BCUT2D eigenvalue weighted by Crippen LogP contribution is 2.44. The van der Waals surface area contributed by atoms with Gasteiger partial charge in [-0.1, -0.05) is 66.7 Å². The van der Waals surface area contributed by atoms with Crippen LogP contribution in [0.5, 0.6) is 0 Å². The van der Waals surface area contributed by atoms with Crippen LogP contribution >= 0.6 is 0 Å². The predicted molar refractivity (Wildman–Crippen MR) is 139 cm³/mol. The lowest BCUT2D eigenvalue weighted by Gasteiger charge is -2.17. The molecule has 1 amide bonds. The van der Waals surface area contributed by atoms with Crippen LogP contribution in [0.25, 0.3) is 16.8 Å². The Balaban J connectivity index is 1.32. The van der Waals surface area contributed by atoms with Gasteiger partial charge in [0.2, 0.25) is 0 Å². The number of aromatic nitrogens is 2. The highest BCUT2D eigenvalue weighted by Gasteiger charge is 2.30. The number of nitrogens with one attached hydrogen (secondary N) is 1. The number of ether oxygens (including phenoxy) is 1. The summed E-state index contributed by atoms with van der Waals surface area (Å²) in [6.45, 7) is 1.82. The molecule has 1 aliphatic carbocycles. The van der Waals surface area contributed by atoms with E-state index in [9.17, 15) is 19.5 Å². The van der Waals surface area contributed by atoms with Gasteiger partial charge in [-0.25, -0.2) is 14.3 Å². The molecule has 2 N–H and O–H groups in total. The van der Waals surface area contributed by atoms with Gasteiger partial charge in [-0.2, -0.15) is 0 Å². The number of carboxylic acid groups (broad SMARTS) is 1. The van der Waals surface area contributed by atoms with E-state index < -0.39 is 18.1 Å². The van der Waals surface area contributed by atoms with E-state index in [4.69, 9.17) is 4.74 Å². The molecule has 5 rings (SSSR count). The molecule has 1 atom stereocenters. The molecule has 37 heavy (non-hydrogen) atoms. The lowest BCUT2D eigenvalue weighted by atomic mass is 9.98. The largest absolute Gasteiger partial charge is 0.480 e. The zero-order chi connectivity index (χ0) is 26.1. The summed E-state index contributed by atoms with van der Waals surface area (Å²) in [5, 5.41) is 12.3. The van der Waals surface area contributed by atoms with Crippen molar-refractivity contribution in [1.82, 2.24) is 14.7 Å². The van der Waals surface area contributed by atoms with Crippen LogP contribution in [-0.4, -0.2) is 39.2 Å². The van der Waals surface area contributed by atoms with E-state index in [0.29, 0.717) is 16.9 Å². The number of amides is 1. The van der Waals surface area contributed by atoms with Crippen LogP contribution in [0.1, 0.15) is 28.3 Å². The zero-order valence-corrected chi connectivity index (χ0v) is 20.5. The van der Waals surface area contributed by atoms with Crippen molar-refractivity contribution in [3.8, 4) is 16.8 Å². The molecule has 3 aromatic carbocycles. The predicted octanol–water partition coefficient (Wildman–Crippen LogP) is 4.02. The first-order valence-electron chi connectivity index (χ1n) is 12.0. The molecule has 188 valence electrons.